The van der Waals surface area contributed by atoms with Crippen molar-refractivity contribution < 1.29 is 9.53 Å². The summed E-state index contributed by atoms with van der Waals surface area (Å²) < 4.78 is 4.25. The van der Waals surface area contributed by atoms with Gasteiger partial charge in [0.15, 0.2) is 0 Å². The number of imidazole rings is 1. The molecule has 0 aliphatic heterocycles. The molecule has 3 heterocycles. The molecular formula is C35H36Cl2N6O2. The minimum Gasteiger partial charge on any atom is -0.388 e. The van der Waals surface area contributed by atoms with E-state index in [9.17, 15) is 4.79 Å². The topological polar surface area (TPSA) is 96.0 Å². The van der Waals surface area contributed by atoms with Crippen LogP contribution in [0.25, 0.3) is 11.4 Å². The van der Waals surface area contributed by atoms with Gasteiger partial charge >= 0.3 is 0 Å². The number of hydrogen-bond acceptors (Lipinski definition) is 6. The summed E-state index contributed by atoms with van der Waals surface area (Å²) in [6, 6.07) is 22.9. The molecule has 0 spiro atoms. The molecule has 3 aromatic heterocycles. The zero-order chi connectivity index (χ0) is 31.6. The normalized spacial score (nSPS) is 13.9. The fourth-order valence-electron chi connectivity index (χ4n) is 5.51. The Morgan fingerprint density at radius 1 is 0.933 bits per heavy atom. The first-order chi connectivity index (χ1) is 22.0. The fraction of sp³-hybridized carbons (Fsp3) is 0.257. The number of H-pyrrole nitrogens is 1. The molecule has 6 rings (SSSR count). The van der Waals surface area contributed by atoms with Crippen LogP contribution in [0.5, 0.6) is 0 Å². The Kier molecular flexibility index (Phi) is 11.3. The smallest absolute Gasteiger partial charge is 0.254 e. The molecule has 1 atom stereocenters. The summed E-state index contributed by atoms with van der Waals surface area (Å²) >= 11 is 12.3. The van der Waals surface area contributed by atoms with Crippen molar-refractivity contribution in [2.75, 3.05) is 14.2 Å². The molecule has 0 bridgehead atoms. The largest absolute Gasteiger partial charge is 0.388 e. The number of fused-ring (bicyclic) bond motifs is 1. The Labute approximate surface area is 273 Å². The van der Waals surface area contributed by atoms with Gasteiger partial charge in [0.2, 0.25) is 0 Å². The van der Waals surface area contributed by atoms with E-state index in [1.54, 1.807) is 14.2 Å². The standard InChI is InChI=1S/C33H30Cl2N6O.C2H6O/c34-27-18-36-19-28(35)30(27)33(42)39-16-22-11-13-23(14-12-22)20-41(29-10-4-8-24-9-5-15-37-31(24)29)21-26-17-38-32(40-26)25-6-2-1-3-7-25;1-3-2/h1-3,5-7,9,11-15,17-19,29H,4,8,10,16,20-21H2,(H,38,40)(H,39,42);1-2H3. The molecule has 0 saturated heterocycles. The van der Waals surface area contributed by atoms with Gasteiger partial charge in [0, 0.05) is 69.9 Å². The van der Waals surface area contributed by atoms with E-state index < -0.39 is 0 Å². The van der Waals surface area contributed by atoms with Gasteiger partial charge in [-0.1, -0.05) is 83.9 Å². The summed E-state index contributed by atoms with van der Waals surface area (Å²) in [6.45, 7) is 1.81. The molecule has 1 unspecified atom stereocenters. The van der Waals surface area contributed by atoms with Crippen molar-refractivity contribution in [3.63, 3.8) is 0 Å². The average Bonchev–Trinajstić information content (AvgIpc) is 3.53. The number of halogens is 2. The van der Waals surface area contributed by atoms with Gasteiger partial charge < -0.3 is 15.0 Å². The van der Waals surface area contributed by atoms with Crippen LogP contribution >= 0.6 is 23.2 Å². The molecule has 1 aliphatic carbocycles. The SMILES string of the molecule is COC.O=C(NCc1ccc(CN(Cc2cnc(-c3ccccc3)[nH]2)C2CCCc3cccnc32)cc1)c1c(Cl)cncc1Cl. The van der Waals surface area contributed by atoms with Crippen LogP contribution in [0.3, 0.4) is 0 Å². The fourth-order valence-corrected chi connectivity index (χ4v) is 6.05. The molecule has 2 N–H and O–H groups in total. The highest BCUT2D eigenvalue weighted by Gasteiger charge is 2.28. The Balaban J connectivity index is 0.00000128. The Morgan fingerprint density at radius 3 is 2.38 bits per heavy atom. The first-order valence-electron chi connectivity index (χ1n) is 14.8. The zero-order valence-electron chi connectivity index (χ0n) is 25.3. The maximum Gasteiger partial charge on any atom is 0.254 e. The number of nitrogens with one attached hydrogen (secondary N) is 2. The molecule has 2 aromatic carbocycles. The number of ether oxygens (including phenoxy) is 1. The Hall–Kier alpha value is -4.08. The second-order valence-corrected chi connectivity index (χ2v) is 11.7. The van der Waals surface area contributed by atoms with Crippen LogP contribution in [0.1, 0.15) is 57.3 Å². The average molecular weight is 644 g/mol. The van der Waals surface area contributed by atoms with Crippen LogP contribution in [-0.4, -0.2) is 45.0 Å². The third-order valence-electron chi connectivity index (χ3n) is 7.60. The highest BCUT2D eigenvalue weighted by molar-refractivity contribution is 6.39. The van der Waals surface area contributed by atoms with E-state index in [1.807, 2.05) is 48.8 Å². The van der Waals surface area contributed by atoms with Gasteiger partial charge in [0.05, 0.1) is 27.3 Å². The van der Waals surface area contributed by atoms with Gasteiger partial charge in [0.25, 0.3) is 5.91 Å². The number of aromatic amines is 1. The molecule has 45 heavy (non-hydrogen) atoms. The maximum absolute atomic E-state index is 12.7. The van der Waals surface area contributed by atoms with E-state index in [0.29, 0.717) is 13.1 Å². The van der Waals surface area contributed by atoms with Gasteiger partial charge in [-0.15, -0.1) is 0 Å². The maximum atomic E-state index is 12.7. The summed E-state index contributed by atoms with van der Waals surface area (Å²) in [4.78, 5) is 32.1. The molecule has 8 nitrogen and oxygen atoms in total. The highest BCUT2D eigenvalue weighted by Crippen LogP contribution is 2.35. The Bertz CT molecular complexity index is 1670. The van der Waals surface area contributed by atoms with Gasteiger partial charge in [-0.3, -0.25) is 19.7 Å². The lowest BCUT2D eigenvalue weighted by Gasteiger charge is -2.35. The monoisotopic (exact) mass is 642 g/mol. The number of rotatable bonds is 9. The molecule has 10 heteroatoms. The lowest BCUT2D eigenvalue weighted by Crippen LogP contribution is -2.31. The van der Waals surface area contributed by atoms with Crippen molar-refractivity contribution in [1.82, 2.24) is 30.2 Å². The molecule has 232 valence electrons. The van der Waals surface area contributed by atoms with Gasteiger partial charge in [0.1, 0.15) is 5.82 Å². The van der Waals surface area contributed by atoms with Crippen LogP contribution in [0.2, 0.25) is 10.0 Å². The number of pyridine rings is 2. The van der Waals surface area contributed by atoms with E-state index >= 15 is 0 Å². The summed E-state index contributed by atoms with van der Waals surface area (Å²) in [7, 11) is 3.25. The zero-order valence-corrected chi connectivity index (χ0v) is 26.9. The second-order valence-electron chi connectivity index (χ2n) is 10.9. The Morgan fingerprint density at radius 2 is 1.64 bits per heavy atom. The van der Waals surface area contributed by atoms with Gasteiger partial charge in [-0.25, -0.2) is 4.98 Å². The summed E-state index contributed by atoms with van der Waals surface area (Å²) in [6.07, 6.45) is 9.89. The predicted octanol–water partition coefficient (Wildman–Crippen LogP) is 7.45. The molecular weight excluding hydrogens is 607 g/mol. The van der Waals surface area contributed by atoms with Crippen LogP contribution in [-0.2, 0) is 30.8 Å². The number of nitrogens with zero attached hydrogens (tertiary/aromatic N) is 4. The quantitative estimate of drug-likeness (QED) is 0.173. The summed E-state index contributed by atoms with van der Waals surface area (Å²) in [5.74, 6) is 0.536. The van der Waals surface area contributed by atoms with Crippen LogP contribution < -0.4 is 5.32 Å². The third kappa shape index (κ3) is 8.35. The van der Waals surface area contributed by atoms with Crippen molar-refractivity contribution >= 4 is 29.1 Å². The lowest BCUT2D eigenvalue weighted by atomic mass is 9.90. The van der Waals surface area contributed by atoms with E-state index in [-0.39, 0.29) is 27.6 Å². The second kappa shape index (κ2) is 15.8. The first kappa shape index (κ1) is 32.3. The number of carbonyl (C=O) groups is 1. The number of hydrogen-bond donors (Lipinski definition) is 2. The minimum absolute atomic E-state index is 0.201. The molecule has 1 aliphatic rings. The van der Waals surface area contributed by atoms with Crippen molar-refractivity contribution in [2.24, 2.45) is 0 Å². The molecule has 0 fully saturated rings. The van der Waals surface area contributed by atoms with Crippen molar-refractivity contribution in [1.29, 1.82) is 0 Å². The number of benzene rings is 2. The van der Waals surface area contributed by atoms with Crippen molar-refractivity contribution in [3.8, 4) is 11.4 Å². The molecule has 0 radical (unpaired) electrons. The number of aryl methyl sites for hydroxylation is 1. The number of carbonyl (C=O) groups excluding carboxylic acids is 1. The number of amides is 1. The van der Waals surface area contributed by atoms with Crippen molar-refractivity contribution in [3.05, 3.63) is 135 Å². The van der Waals surface area contributed by atoms with Crippen molar-refractivity contribution in [2.45, 2.75) is 44.9 Å². The van der Waals surface area contributed by atoms with Gasteiger partial charge in [-0.05, 0) is 42.0 Å². The summed E-state index contributed by atoms with van der Waals surface area (Å²) in [5.41, 5.74) is 7.01. The van der Waals surface area contributed by atoms with Gasteiger partial charge in [-0.2, -0.15) is 0 Å². The van der Waals surface area contributed by atoms with Crippen LogP contribution in [0, 0.1) is 0 Å². The minimum atomic E-state index is -0.333. The number of aromatic nitrogens is 4. The van der Waals surface area contributed by atoms with E-state index in [1.165, 1.54) is 29.2 Å². The number of methoxy groups -OCH3 is 1. The van der Waals surface area contributed by atoms with Crippen LogP contribution in [0.4, 0.5) is 0 Å². The van der Waals surface area contributed by atoms with E-state index in [2.05, 4.69) is 60.2 Å². The lowest BCUT2D eigenvalue weighted by molar-refractivity contribution is 0.0951. The van der Waals surface area contributed by atoms with E-state index in [4.69, 9.17) is 28.2 Å². The summed E-state index contributed by atoms with van der Waals surface area (Å²) in [5, 5.41) is 3.35. The highest BCUT2D eigenvalue weighted by atomic mass is 35.5. The first-order valence-corrected chi connectivity index (χ1v) is 15.5. The molecule has 5 aromatic rings. The van der Waals surface area contributed by atoms with Crippen LogP contribution in [0.15, 0.2) is 91.5 Å². The third-order valence-corrected chi connectivity index (χ3v) is 8.17. The predicted molar refractivity (Wildman–Crippen MR) is 178 cm³/mol. The molecule has 0 saturated carbocycles. The molecule has 1 amide bonds. The van der Waals surface area contributed by atoms with E-state index in [0.717, 1.165) is 48.5 Å².